The summed E-state index contributed by atoms with van der Waals surface area (Å²) >= 11 is 0. The Morgan fingerprint density at radius 2 is 2.13 bits per heavy atom. The van der Waals surface area contributed by atoms with Gasteiger partial charge in [-0.1, -0.05) is 0 Å². The fourth-order valence-corrected chi connectivity index (χ4v) is 2.51. The number of hydrogen-bond donors (Lipinski definition) is 0. The lowest BCUT2D eigenvalue weighted by molar-refractivity contribution is -0.0307. The second-order valence-electron chi connectivity index (χ2n) is 5.27. The van der Waals surface area contributed by atoms with Crippen molar-refractivity contribution < 1.29 is 28.5 Å². The molecule has 0 amide bonds. The number of ether oxygens (including phenoxy) is 5. The SMILES string of the molecule is CCOc1cc(COC)c(C(=O)OC2CCCOC2)cc1OC. The highest BCUT2D eigenvalue weighted by Gasteiger charge is 2.23. The van der Waals surface area contributed by atoms with Crippen molar-refractivity contribution >= 4 is 5.97 Å². The van der Waals surface area contributed by atoms with Crippen LogP contribution in [-0.2, 0) is 20.8 Å². The predicted molar refractivity (Wildman–Crippen MR) is 84.1 cm³/mol. The van der Waals surface area contributed by atoms with Crippen molar-refractivity contribution in [1.29, 1.82) is 0 Å². The summed E-state index contributed by atoms with van der Waals surface area (Å²) in [6, 6.07) is 3.41. The van der Waals surface area contributed by atoms with Crippen LogP contribution in [-0.4, -0.2) is 46.1 Å². The van der Waals surface area contributed by atoms with Gasteiger partial charge in [-0.25, -0.2) is 4.79 Å². The molecule has 1 fully saturated rings. The minimum atomic E-state index is -0.395. The first-order valence-corrected chi connectivity index (χ1v) is 7.81. The molecule has 1 aliphatic heterocycles. The van der Waals surface area contributed by atoms with Gasteiger partial charge in [0.25, 0.3) is 0 Å². The van der Waals surface area contributed by atoms with E-state index in [0.717, 1.165) is 19.4 Å². The average Bonchev–Trinajstić information content (AvgIpc) is 2.56. The first-order chi connectivity index (χ1) is 11.2. The Morgan fingerprint density at radius 3 is 2.74 bits per heavy atom. The van der Waals surface area contributed by atoms with Crippen LogP contribution >= 0.6 is 0 Å². The van der Waals surface area contributed by atoms with Crippen LogP contribution in [0.2, 0.25) is 0 Å². The summed E-state index contributed by atoms with van der Waals surface area (Å²) in [4.78, 5) is 12.5. The molecular formula is C17H24O6. The molecule has 128 valence electrons. The Kier molecular flexibility index (Phi) is 6.67. The molecule has 1 saturated heterocycles. The number of methoxy groups -OCH3 is 2. The second-order valence-corrected chi connectivity index (χ2v) is 5.27. The van der Waals surface area contributed by atoms with E-state index >= 15 is 0 Å². The molecule has 0 saturated carbocycles. The topological polar surface area (TPSA) is 63.2 Å². The molecule has 1 aromatic carbocycles. The summed E-state index contributed by atoms with van der Waals surface area (Å²) in [5.74, 6) is 0.687. The molecule has 0 bridgehead atoms. The maximum absolute atomic E-state index is 12.5. The van der Waals surface area contributed by atoms with Crippen molar-refractivity contribution in [3.63, 3.8) is 0 Å². The van der Waals surface area contributed by atoms with E-state index in [4.69, 9.17) is 23.7 Å². The van der Waals surface area contributed by atoms with Crippen molar-refractivity contribution in [2.45, 2.75) is 32.5 Å². The van der Waals surface area contributed by atoms with E-state index < -0.39 is 5.97 Å². The number of carbonyl (C=O) groups is 1. The lowest BCUT2D eigenvalue weighted by Crippen LogP contribution is -2.28. The third kappa shape index (κ3) is 4.59. The zero-order valence-electron chi connectivity index (χ0n) is 13.9. The second kappa shape index (κ2) is 8.74. The Hall–Kier alpha value is -1.79. The molecular weight excluding hydrogens is 300 g/mol. The van der Waals surface area contributed by atoms with Crippen molar-refractivity contribution in [3.05, 3.63) is 23.3 Å². The smallest absolute Gasteiger partial charge is 0.338 e. The van der Waals surface area contributed by atoms with Gasteiger partial charge in [0.1, 0.15) is 6.10 Å². The number of rotatable bonds is 7. The Labute approximate surface area is 136 Å². The lowest BCUT2D eigenvalue weighted by Gasteiger charge is -2.23. The molecule has 23 heavy (non-hydrogen) atoms. The fourth-order valence-electron chi connectivity index (χ4n) is 2.51. The van der Waals surface area contributed by atoms with E-state index in [0.29, 0.717) is 35.8 Å². The molecule has 2 rings (SSSR count). The Bertz CT molecular complexity index is 522. The van der Waals surface area contributed by atoms with Crippen LogP contribution in [0.1, 0.15) is 35.7 Å². The molecule has 1 aromatic rings. The van der Waals surface area contributed by atoms with Gasteiger partial charge >= 0.3 is 5.97 Å². The molecule has 0 N–H and O–H groups in total. The summed E-state index contributed by atoms with van der Waals surface area (Å²) < 4.78 is 26.9. The molecule has 1 heterocycles. The largest absolute Gasteiger partial charge is 0.493 e. The van der Waals surface area contributed by atoms with Gasteiger partial charge in [-0.15, -0.1) is 0 Å². The van der Waals surface area contributed by atoms with Gasteiger partial charge in [0.2, 0.25) is 0 Å². The zero-order chi connectivity index (χ0) is 16.7. The van der Waals surface area contributed by atoms with E-state index in [1.165, 1.54) is 7.11 Å². The number of benzene rings is 1. The molecule has 0 radical (unpaired) electrons. The van der Waals surface area contributed by atoms with Gasteiger partial charge in [-0.3, -0.25) is 0 Å². The molecule has 0 spiro atoms. The molecule has 1 unspecified atom stereocenters. The van der Waals surface area contributed by atoms with E-state index in [1.54, 1.807) is 19.2 Å². The van der Waals surface area contributed by atoms with Crippen molar-refractivity contribution in [2.24, 2.45) is 0 Å². The van der Waals surface area contributed by atoms with Crippen LogP contribution in [0.15, 0.2) is 12.1 Å². The van der Waals surface area contributed by atoms with E-state index in [1.807, 2.05) is 6.92 Å². The van der Waals surface area contributed by atoms with Gasteiger partial charge in [-0.05, 0) is 37.5 Å². The first kappa shape index (κ1) is 17.6. The van der Waals surface area contributed by atoms with Crippen molar-refractivity contribution in [2.75, 3.05) is 34.0 Å². The van der Waals surface area contributed by atoms with Gasteiger partial charge in [0.05, 0.1) is 32.5 Å². The monoisotopic (exact) mass is 324 g/mol. The summed E-state index contributed by atoms with van der Waals surface area (Å²) in [6.07, 6.45) is 1.51. The highest BCUT2D eigenvalue weighted by molar-refractivity contribution is 5.92. The van der Waals surface area contributed by atoms with Crippen LogP contribution in [0.4, 0.5) is 0 Å². The molecule has 0 aliphatic carbocycles. The Morgan fingerprint density at radius 1 is 1.30 bits per heavy atom. The number of carbonyl (C=O) groups excluding carboxylic acids is 1. The highest BCUT2D eigenvalue weighted by Crippen LogP contribution is 2.32. The third-order valence-electron chi connectivity index (χ3n) is 3.60. The molecule has 6 heteroatoms. The quantitative estimate of drug-likeness (QED) is 0.718. The molecule has 1 aliphatic rings. The minimum Gasteiger partial charge on any atom is -0.493 e. The zero-order valence-corrected chi connectivity index (χ0v) is 13.9. The van der Waals surface area contributed by atoms with Crippen LogP contribution in [0.25, 0.3) is 0 Å². The lowest BCUT2D eigenvalue weighted by atomic mass is 10.1. The third-order valence-corrected chi connectivity index (χ3v) is 3.60. The molecule has 6 nitrogen and oxygen atoms in total. The van der Waals surface area contributed by atoms with Crippen LogP contribution in [0.5, 0.6) is 11.5 Å². The molecule has 1 atom stereocenters. The highest BCUT2D eigenvalue weighted by atomic mass is 16.6. The number of esters is 1. The van der Waals surface area contributed by atoms with Gasteiger partial charge < -0.3 is 23.7 Å². The predicted octanol–water partition coefficient (Wildman–Crippen LogP) is 2.58. The summed E-state index contributed by atoms with van der Waals surface area (Å²) in [6.45, 7) is 3.85. The van der Waals surface area contributed by atoms with E-state index in [2.05, 4.69) is 0 Å². The van der Waals surface area contributed by atoms with E-state index in [-0.39, 0.29) is 12.7 Å². The minimum absolute atomic E-state index is 0.204. The Balaban J connectivity index is 2.24. The summed E-state index contributed by atoms with van der Waals surface area (Å²) in [5, 5.41) is 0. The van der Waals surface area contributed by atoms with Gasteiger partial charge in [-0.2, -0.15) is 0 Å². The average molecular weight is 324 g/mol. The van der Waals surface area contributed by atoms with Crippen LogP contribution in [0, 0.1) is 0 Å². The first-order valence-electron chi connectivity index (χ1n) is 7.81. The fraction of sp³-hybridized carbons (Fsp3) is 0.588. The van der Waals surface area contributed by atoms with E-state index in [9.17, 15) is 4.79 Å². The van der Waals surface area contributed by atoms with Crippen LogP contribution < -0.4 is 9.47 Å². The summed E-state index contributed by atoms with van der Waals surface area (Å²) in [5.41, 5.74) is 1.14. The summed E-state index contributed by atoms with van der Waals surface area (Å²) in [7, 11) is 3.12. The van der Waals surface area contributed by atoms with Crippen LogP contribution in [0.3, 0.4) is 0 Å². The van der Waals surface area contributed by atoms with Crippen molar-refractivity contribution in [1.82, 2.24) is 0 Å². The maximum Gasteiger partial charge on any atom is 0.338 e. The standard InChI is InChI=1S/C17H24O6/c1-4-22-16-8-12(10-19-2)14(9-15(16)20-3)17(18)23-13-6-5-7-21-11-13/h8-9,13H,4-7,10-11H2,1-3H3. The maximum atomic E-state index is 12.5. The van der Waals surface area contributed by atoms with Gasteiger partial charge in [0.15, 0.2) is 11.5 Å². The normalized spacial score (nSPS) is 17.6. The molecule has 0 aromatic heterocycles. The van der Waals surface area contributed by atoms with Gasteiger partial charge in [0, 0.05) is 13.7 Å². The van der Waals surface area contributed by atoms with Crippen molar-refractivity contribution in [3.8, 4) is 11.5 Å². The number of hydrogen-bond acceptors (Lipinski definition) is 6.